The molecule has 1 heterocycles. The van der Waals surface area contributed by atoms with Crippen LogP contribution in [0.1, 0.15) is 47.2 Å². The monoisotopic (exact) mass is 705 g/mol. The average Bonchev–Trinajstić information content (AvgIpc) is 3.91. The molecule has 0 aliphatic heterocycles. The predicted octanol–water partition coefficient (Wildman–Crippen LogP) is 14.2. The van der Waals surface area contributed by atoms with E-state index in [0.29, 0.717) is 0 Å². The predicted molar refractivity (Wildman–Crippen MR) is 228 cm³/mol. The fourth-order valence-corrected chi connectivity index (χ4v) is 11.5. The molecule has 1 aromatic heterocycles. The Morgan fingerprint density at radius 2 is 0.852 bits per heavy atom. The van der Waals surface area contributed by atoms with Gasteiger partial charge in [0.1, 0.15) is 0 Å². The summed E-state index contributed by atoms with van der Waals surface area (Å²) in [6.07, 6.45) is 0. The third kappa shape index (κ3) is 3.73. The van der Waals surface area contributed by atoms with Crippen molar-refractivity contribution in [3.8, 4) is 33.4 Å². The Morgan fingerprint density at radius 3 is 1.48 bits per heavy atom. The maximum absolute atomic E-state index is 2.55. The van der Waals surface area contributed by atoms with Gasteiger partial charge in [-0.1, -0.05) is 147 Å². The minimum absolute atomic E-state index is 0.115. The van der Waals surface area contributed by atoms with Gasteiger partial charge in [-0.15, -0.1) is 11.3 Å². The highest BCUT2D eigenvalue weighted by molar-refractivity contribution is 7.26. The average molecular weight is 706 g/mol. The highest BCUT2D eigenvalue weighted by Gasteiger charge is 2.51. The molecule has 0 N–H and O–H groups in total. The lowest BCUT2D eigenvalue weighted by Crippen LogP contribution is -2.26. The van der Waals surface area contributed by atoms with Crippen molar-refractivity contribution in [2.75, 3.05) is 4.90 Å². The van der Waals surface area contributed by atoms with E-state index in [-0.39, 0.29) is 5.41 Å². The van der Waals surface area contributed by atoms with E-state index in [0.717, 1.165) is 0 Å². The zero-order chi connectivity index (χ0) is 35.8. The molecule has 3 aliphatic rings. The fraction of sp³-hybridized carbons (Fsp3) is 0.0769. The molecule has 3 aliphatic carbocycles. The van der Waals surface area contributed by atoms with Crippen molar-refractivity contribution in [1.29, 1.82) is 0 Å². The lowest BCUT2D eigenvalue weighted by Gasteiger charge is -2.33. The third-order valence-electron chi connectivity index (χ3n) is 12.7. The zero-order valence-electron chi connectivity index (χ0n) is 30.1. The van der Waals surface area contributed by atoms with Gasteiger partial charge in [0.15, 0.2) is 0 Å². The molecule has 54 heavy (non-hydrogen) atoms. The molecule has 0 radical (unpaired) electrons. The maximum atomic E-state index is 2.55. The van der Waals surface area contributed by atoms with Crippen molar-refractivity contribution in [2.45, 2.75) is 24.7 Å². The van der Waals surface area contributed by atoms with Crippen LogP contribution in [0.4, 0.5) is 17.1 Å². The van der Waals surface area contributed by atoms with Crippen LogP contribution in [0.15, 0.2) is 176 Å². The van der Waals surface area contributed by atoms with Gasteiger partial charge in [-0.2, -0.15) is 0 Å². The van der Waals surface area contributed by atoms with Gasteiger partial charge in [0.25, 0.3) is 0 Å². The lowest BCUT2D eigenvalue weighted by atomic mass is 9.70. The van der Waals surface area contributed by atoms with Crippen LogP contribution in [0.2, 0.25) is 0 Å². The van der Waals surface area contributed by atoms with E-state index in [1.807, 2.05) is 11.3 Å². The summed E-state index contributed by atoms with van der Waals surface area (Å²) in [6.45, 7) is 4.76. The first kappa shape index (κ1) is 30.3. The molecule has 1 nitrogen and oxygen atoms in total. The van der Waals surface area contributed by atoms with Gasteiger partial charge in [0.2, 0.25) is 0 Å². The summed E-state index contributed by atoms with van der Waals surface area (Å²) in [5.41, 5.74) is 19.2. The van der Waals surface area contributed by atoms with E-state index in [1.165, 1.54) is 104 Å². The molecule has 254 valence electrons. The van der Waals surface area contributed by atoms with Crippen molar-refractivity contribution in [3.63, 3.8) is 0 Å². The van der Waals surface area contributed by atoms with E-state index >= 15 is 0 Å². The summed E-state index contributed by atoms with van der Waals surface area (Å²) in [5.74, 6) is 0. The van der Waals surface area contributed by atoms with Gasteiger partial charge in [0, 0.05) is 37.0 Å². The smallest absolute Gasteiger partial charge is 0.0726 e. The minimum atomic E-state index is -0.413. The number of thiophene rings is 1. The van der Waals surface area contributed by atoms with Crippen molar-refractivity contribution in [2.24, 2.45) is 0 Å². The number of anilines is 3. The number of hydrogen-bond acceptors (Lipinski definition) is 2. The van der Waals surface area contributed by atoms with Crippen LogP contribution in [-0.4, -0.2) is 0 Å². The molecule has 0 fully saturated rings. The summed E-state index contributed by atoms with van der Waals surface area (Å²) < 4.78 is 2.62. The van der Waals surface area contributed by atoms with Crippen LogP contribution >= 0.6 is 11.3 Å². The molecule has 0 bridgehead atoms. The topological polar surface area (TPSA) is 3.24 Å². The highest BCUT2D eigenvalue weighted by atomic mass is 32.1. The second-order valence-electron chi connectivity index (χ2n) is 15.6. The first-order valence-electron chi connectivity index (χ1n) is 18.9. The third-order valence-corrected chi connectivity index (χ3v) is 13.8. The van der Waals surface area contributed by atoms with Crippen LogP contribution in [0.3, 0.4) is 0 Å². The number of rotatable bonds is 3. The van der Waals surface area contributed by atoms with E-state index in [2.05, 4.69) is 195 Å². The highest BCUT2D eigenvalue weighted by Crippen LogP contribution is 2.63. The minimum Gasteiger partial charge on any atom is -0.310 e. The Bertz CT molecular complexity index is 2990. The molecule has 8 aromatic carbocycles. The van der Waals surface area contributed by atoms with E-state index in [1.54, 1.807) is 0 Å². The fourth-order valence-electron chi connectivity index (χ4n) is 10.4. The van der Waals surface area contributed by atoms with Gasteiger partial charge >= 0.3 is 0 Å². The zero-order valence-corrected chi connectivity index (χ0v) is 30.9. The van der Waals surface area contributed by atoms with Crippen molar-refractivity contribution < 1.29 is 0 Å². The number of nitrogens with zero attached hydrogens (tertiary/aromatic N) is 1. The molecule has 0 amide bonds. The van der Waals surface area contributed by atoms with E-state index in [9.17, 15) is 0 Å². The molecular weight excluding hydrogens is 671 g/mol. The maximum Gasteiger partial charge on any atom is 0.0726 e. The van der Waals surface area contributed by atoms with Crippen LogP contribution in [0.5, 0.6) is 0 Å². The first-order chi connectivity index (χ1) is 26.5. The van der Waals surface area contributed by atoms with E-state index in [4.69, 9.17) is 0 Å². The van der Waals surface area contributed by atoms with Crippen molar-refractivity contribution >= 4 is 48.6 Å². The number of benzene rings is 8. The molecule has 9 aromatic rings. The molecule has 0 saturated heterocycles. The van der Waals surface area contributed by atoms with Crippen LogP contribution in [0.25, 0.3) is 53.6 Å². The quantitative estimate of drug-likeness (QED) is 0.177. The Labute approximate surface area is 319 Å². The molecule has 12 rings (SSSR count). The Hall–Kier alpha value is -6.22. The molecule has 0 saturated carbocycles. The summed E-state index contributed by atoms with van der Waals surface area (Å²) in [7, 11) is 0. The molecule has 1 spiro atoms. The number of hydrogen-bond donors (Lipinski definition) is 0. The summed E-state index contributed by atoms with van der Waals surface area (Å²) >= 11 is 1.88. The van der Waals surface area contributed by atoms with Gasteiger partial charge in [-0.25, -0.2) is 0 Å². The van der Waals surface area contributed by atoms with E-state index < -0.39 is 5.41 Å². The number of fused-ring (bicyclic) bond motifs is 16. The van der Waals surface area contributed by atoms with Gasteiger partial charge < -0.3 is 4.90 Å². The molecular formula is C52H35NS. The SMILES string of the molecule is CC1(C)c2ccccc2-c2ccc(N(c3ccc4c(c3)C3(c5ccccc5-c5ccccc53)c3ccccc3-4)c3cccc4sc5ccccc5c34)cc21. The molecule has 2 heteroatoms. The molecule has 0 atom stereocenters. The van der Waals surface area contributed by atoms with Gasteiger partial charge in [0.05, 0.1) is 11.1 Å². The first-order valence-corrected chi connectivity index (χ1v) is 19.8. The second-order valence-corrected chi connectivity index (χ2v) is 16.7. The van der Waals surface area contributed by atoms with Crippen LogP contribution in [0, 0.1) is 0 Å². The normalized spacial score (nSPS) is 14.8. The Balaban J connectivity index is 1.16. The van der Waals surface area contributed by atoms with Crippen LogP contribution < -0.4 is 4.90 Å². The Kier molecular flexibility index (Phi) is 5.99. The largest absolute Gasteiger partial charge is 0.310 e. The summed E-state index contributed by atoms with van der Waals surface area (Å²) in [5, 5.41) is 2.60. The second kappa shape index (κ2) is 10.7. The van der Waals surface area contributed by atoms with Crippen LogP contribution in [-0.2, 0) is 10.8 Å². The Morgan fingerprint density at radius 1 is 0.389 bits per heavy atom. The molecule has 0 unspecified atom stereocenters. The van der Waals surface area contributed by atoms with Crippen molar-refractivity contribution in [3.05, 3.63) is 209 Å². The van der Waals surface area contributed by atoms with Gasteiger partial charge in [-0.3, -0.25) is 0 Å². The summed E-state index contributed by atoms with van der Waals surface area (Å²) in [6, 6.07) is 66.4. The van der Waals surface area contributed by atoms with Gasteiger partial charge in [-0.05, 0) is 109 Å². The standard InChI is InChI=1S/C52H35NS/c1-51(2)41-19-8-3-14-34(41)38-28-26-32(30-45(38)51)53(47-23-13-25-49-50(47)40-18-7-12-24-48(40)54-49)33-27-29-39-37-17-6-11-22-44(37)52(46(39)31-33)42-20-9-4-15-35(42)36-16-5-10-21-43(36)52/h3-31H,1-2H3. The van der Waals surface area contributed by atoms with Crippen molar-refractivity contribution in [1.82, 2.24) is 0 Å². The lowest BCUT2D eigenvalue weighted by molar-refractivity contribution is 0.660. The summed E-state index contributed by atoms with van der Waals surface area (Å²) in [4.78, 5) is 2.55.